The first kappa shape index (κ1) is 58.5. The number of hydrogen-bond acceptors (Lipinski definition) is 16. The zero-order valence-corrected chi connectivity index (χ0v) is 46.9. The minimum Gasteiger partial charge on any atom is -0.326 e. The highest BCUT2D eigenvalue weighted by Crippen LogP contribution is 2.32. The summed E-state index contributed by atoms with van der Waals surface area (Å²) >= 11 is 11.6. The Balaban J connectivity index is 0.000000177. The predicted molar refractivity (Wildman–Crippen MR) is 282 cm³/mol. The molecule has 5 aliphatic rings. The molecule has 6 atom stereocenters. The van der Waals surface area contributed by atoms with Gasteiger partial charge in [-0.15, -0.1) is 0 Å². The number of carbonyl (C=O) groups is 1. The van der Waals surface area contributed by atoms with Gasteiger partial charge in [-0.3, -0.25) is 4.79 Å². The largest absolute Gasteiger partial charge is 0.326 e. The lowest BCUT2D eigenvalue weighted by molar-refractivity contribution is -0.114. The summed E-state index contributed by atoms with van der Waals surface area (Å²) in [5.74, 6) is -1.60. The van der Waals surface area contributed by atoms with Crippen LogP contribution in [0.2, 0.25) is 10.0 Å². The van der Waals surface area contributed by atoms with Crippen molar-refractivity contribution in [3.8, 4) is 0 Å². The lowest BCUT2D eigenvalue weighted by Crippen LogP contribution is -2.47. The molecule has 0 aromatic heterocycles. The van der Waals surface area contributed by atoms with E-state index in [4.69, 9.17) is 23.2 Å². The first-order valence-electron chi connectivity index (χ1n) is 24.1. The van der Waals surface area contributed by atoms with Gasteiger partial charge in [-0.1, -0.05) is 62.2 Å². The minimum absolute atomic E-state index is 0.0706. The van der Waals surface area contributed by atoms with Crippen molar-refractivity contribution >= 4 is 93.8 Å². The van der Waals surface area contributed by atoms with Crippen molar-refractivity contribution in [3.05, 3.63) is 82.8 Å². The maximum absolute atomic E-state index is 13.0. The Morgan fingerprint density at radius 1 is 0.556 bits per heavy atom. The highest BCUT2D eigenvalue weighted by atomic mass is 35.5. The van der Waals surface area contributed by atoms with Crippen LogP contribution in [-0.2, 0) is 63.8 Å². The van der Waals surface area contributed by atoms with Crippen LogP contribution < -0.4 is 16.0 Å². The summed E-state index contributed by atoms with van der Waals surface area (Å²) in [6, 6.07) is 16.4. The van der Waals surface area contributed by atoms with Crippen LogP contribution in [0.15, 0.2) is 87.5 Å². The summed E-state index contributed by atoms with van der Waals surface area (Å²) in [6.45, 7) is 4.09. The first-order chi connectivity index (χ1) is 33.6. The molecule has 3 saturated heterocycles. The third-order valence-corrected chi connectivity index (χ3v) is 26.6. The summed E-state index contributed by atoms with van der Waals surface area (Å²) in [4.78, 5) is 13.2. The van der Waals surface area contributed by atoms with Crippen LogP contribution in [0.25, 0.3) is 0 Å². The zero-order chi connectivity index (χ0) is 52.9. The van der Waals surface area contributed by atoms with Gasteiger partial charge in [0.05, 0.1) is 65.0 Å². The molecule has 2 aliphatic carbocycles. The van der Waals surface area contributed by atoms with E-state index < -0.39 is 92.9 Å². The van der Waals surface area contributed by atoms with Crippen molar-refractivity contribution in [2.24, 2.45) is 0 Å². The second-order valence-corrected chi connectivity index (χ2v) is 33.3. The molecule has 8 rings (SSSR count). The normalized spacial score (nSPS) is 26.1. The van der Waals surface area contributed by atoms with Crippen molar-refractivity contribution in [1.29, 1.82) is 0 Å². The van der Waals surface area contributed by atoms with Gasteiger partial charge in [0.1, 0.15) is 0 Å². The van der Waals surface area contributed by atoms with E-state index >= 15 is 0 Å². The molecule has 0 bridgehead atoms. The van der Waals surface area contributed by atoms with E-state index in [1.807, 2.05) is 11.8 Å². The topological polar surface area (TPSA) is 261 Å². The van der Waals surface area contributed by atoms with Crippen molar-refractivity contribution < 1.29 is 55.3 Å². The summed E-state index contributed by atoms with van der Waals surface area (Å²) in [5, 5.41) is 7.13. The molecule has 3 aliphatic heterocycles. The molecule has 0 radical (unpaired) electrons. The number of anilines is 1. The molecule has 17 nitrogen and oxygen atoms in total. The third kappa shape index (κ3) is 15.7. The van der Waals surface area contributed by atoms with E-state index in [-0.39, 0.29) is 67.2 Å². The molecule has 3 aromatic carbocycles. The molecule has 1 amide bonds. The van der Waals surface area contributed by atoms with Gasteiger partial charge in [-0.25, -0.2) is 50.5 Å². The Hall–Kier alpha value is -2.71. The van der Waals surface area contributed by atoms with Crippen molar-refractivity contribution in [1.82, 2.24) is 15.5 Å². The maximum atomic E-state index is 13.0. The molecule has 402 valence electrons. The van der Waals surface area contributed by atoms with Crippen LogP contribution in [0, 0.1) is 0 Å². The van der Waals surface area contributed by atoms with Crippen LogP contribution in [-0.4, -0.2) is 155 Å². The number of halogens is 2. The predicted octanol–water partition coefficient (Wildman–Crippen LogP) is 4.94. The standard InChI is InChI=1S/C17H24ClNO4S2.C15H22ClNO4S2.C15H20N2O5S2/c18-13-7-9-15(10-8-13)25(22,23)17-12-24(20,21)11-16(17)19-14-5-3-1-2-4-6-14;1-3-4-9-17(2)14-10-22(18,19)11-15(14)23(20,21)13-7-5-12(16)6-8-13;1-10(18)16-11-4-6-13(7-5-11)24(21,22)15-9-23(19,20)8-14(15)17-12-2-3-12/h7-10,14,16-17,19H,1-6,11-12H2;5-8,14-15H,3-4,9-11H2,1-2H3;4-7,12,14-15,17H,2-3,8-9H2,1H3,(H,16,18)/t16-,17-;2*14-,15-/m000/s1. The Labute approximate surface area is 436 Å². The molecular formula is C47H66Cl2N4O13S6. The lowest BCUT2D eigenvalue weighted by Gasteiger charge is -2.28. The number of hydrogen-bond donors (Lipinski definition) is 3. The van der Waals surface area contributed by atoms with E-state index in [0.29, 0.717) is 22.3 Å². The van der Waals surface area contributed by atoms with E-state index in [0.717, 1.165) is 51.4 Å². The Bertz CT molecular complexity index is 3050. The molecule has 25 heteroatoms. The SMILES string of the molecule is CC(=O)Nc1ccc(S(=O)(=O)[C@H]2CS(=O)(=O)C[C@@H]2NC2CC2)cc1.CCCCN(C)[C@H]1CS(=O)(=O)C[C@@H]1S(=O)(=O)c1ccc(Cl)cc1.O=S1(=O)C[C@H](NC2CCCCCC2)[C@@H](S(=O)(=O)c2ccc(Cl)cc2)C1. The van der Waals surface area contributed by atoms with Gasteiger partial charge in [-0.05, 0) is 118 Å². The summed E-state index contributed by atoms with van der Waals surface area (Å²) < 4.78 is 150. The molecule has 3 aromatic rings. The lowest BCUT2D eigenvalue weighted by atomic mass is 10.1. The number of unbranched alkanes of at least 4 members (excludes halogenated alkanes) is 1. The number of amides is 1. The van der Waals surface area contributed by atoms with Crippen molar-refractivity contribution in [3.63, 3.8) is 0 Å². The van der Waals surface area contributed by atoms with Crippen LogP contribution in [0.1, 0.15) is 78.1 Å². The van der Waals surface area contributed by atoms with Gasteiger partial charge in [0, 0.05) is 52.9 Å². The first-order valence-corrected chi connectivity index (χ1v) is 34.9. The van der Waals surface area contributed by atoms with Crippen LogP contribution in [0.5, 0.6) is 0 Å². The molecule has 3 N–H and O–H groups in total. The van der Waals surface area contributed by atoms with Crippen molar-refractivity contribution in [2.45, 2.75) is 139 Å². The molecule has 0 unspecified atom stereocenters. The fourth-order valence-corrected chi connectivity index (χ4v) is 24.2. The Morgan fingerprint density at radius 2 is 0.931 bits per heavy atom. The van der Waals surface area contributed by atoms with Gasteiger partial charge in [0.2, 0.25) is 5.91 Å². The average molecular weight is 1160 g/mol. The van der Waals surface area contributed by atoms with Gasteiger partial charge in [0.25, 0.3) is 0 Å². The highest BCUT2D eigenvalue weighted by Gasteiger charge is 2.49. The highest BCUT2D eigenvalue weighted by molar-refractivity contribution is 7.97. The maximum Gasteiger partial charge on any atom is 0.221 e. The van der Waals surface area contributed by atoms with E-state index in [1.54, 1.807) is 7.05 Å². The van der Waals surface area contributed by atoms with Gasteiger partial charge in [-0.2, -0.15) is 0 Å². The van der Waals surface area contributed by atoms with Gasteiger partial charge >= 0.3 is 0 Å². The van der Waals surface area contributed by atoms with Crippen LogP contribution >= 0.6 is 23.2 Å². The molecule has 72 heavy (non-hydrogen) atoms. The van der Waals surface area contributed by atoms with E-state index in [9.17, 15) is 55.3 Å². The third-order valence-electron chi connectivity index (χ3n) is 13.6. The summed E-state index contributed by atoms with van der Waals surface area (Å²) in [7, 11) is -19.5. The van der Waals surface area contributed by atoms with Gasteiger partial charge in [0.15, 0.2) is 59.0 Å². The number of sulfone groups is 6. The fourth-order valence-electron chi connectivity index (χ4n) is 9.64. The number of benzene rings is 3. The molecule has 3 heterocycles. The Morgan fingerprint density at radius 3 is 1.33 bits per heavy atom. The average Bonchev–Trinajstić information content (AvgIpc) is 3.95. The molecule has 0 spiro atoms. The molecule has 2 saturated carbocycles. The second kappa shape index (κ2) is 24.1. The summed E-state index contributed by atoms with van der Waals surface area (Å²) in [6.07, 6.45) is 10.3. The summed E-state index contributed by atoms with van der Waals surface area (Å²) in [5.41, 5.74) is 0.494. The fraction of sp³-hybridized carbons (Fsp3) is 0.596. The van der Waals surface area contributed by atoms with Crippen LogP contribution in [0.3, 0.4) is 0 Å². The number of carbonyl (C=O) groups excluding carboxylic acids is 1. The van der Waals surface area contributed by atoms with Gasteiger partial charge < -0.3 is 20.9 Å². The minimum atomic E-state index is -3.78. The number of nitrogens with one attached hydrogen (secondary N) is 3. The number of nitrogens with zero attached hydrogens (tertiary/aromatic N) is 1. The second-order valence-electron chi connectivity index (χ2n) is 19.5. The van der Waals surface area contributed by atoms with E-state index in [1.165, 1.54) is 92.6 Å². The Kier molecular flexibility index (Phi) is 19.6. The van der Waals surface area contributed by atoms with Crippen LogP contribution in [0.4, 0.5) is 5.69 Å². The monoisotopic (exact) mass is 1160 g/mol. The molecular weight excluding hydrogens is 1090 g/mol. The quantitative estimate of drug-likeness (QED) is 0.170. The smallest absolute Gasteiger partial charge is 0.221 e. The zero-order valence-electron chi connectivity index (χ0n) is 40.5. The number of rotatable bonds is 15. The van der Waals surface area contributed by atoms with E-state index in [2.05, 4.69) is 16.0 Å². The molecule has 5 fully saturated rings. The van der Waals surface area contributed by atoms with Crippen molar-refractivity contribution in [2.75, 3.05) is 53.4 Å².